The van der Waals surface area contributed by atoms with Crippen LogP contribution in [0.5, 0.6) is 0 Å². The number of allylic oxidation sites excluding steroid dienone is 1. The summed E-state index contributed by atoms with van der Waals surface area (Å²) in [6.07, 6.45) is 7.78. The van der Waals surface area contributed by atoms with Crippen LogP contribution in [0.1, 0.15) is 50.4 Å². The zero-order chi connectivity index (χ0) is 14.9. The van der Waals surface area contributed by atoms with Crippen molar-refractivity contribution < 1.29 is 0 Å². The first kappa shape index (κ1) is 13.0. The first-order chi connectivity index (χ1) is 10.7. The number of benzene rings is 1. The fourth-order valence-electron chi connectivity index (χ4n) is 5.54. The summed E-state index contributed by atoms with van der Waals surface area (Å²) in [5.74, 6) is 0. The summed E-state index contributed by atoms with van der Waals surface area (Å²) in [7, 11) is 0. The standard InChI is InChI=1S/C20H24N2/c1-3-20-10-6-11-21-12-9-16-15-7-4-5-8-17(15)22(14(2)13-20)18(16)19(20)21/h4-5,7-8,13,19H,3,6,9-12H2,1-2H3/t19-,20+/m1/s1. The van der Waals surface area contributed by atoms with Gasteiger partial charge in [0.2, 0.25) is 0 Å². The first-order valence-electron chi connectivity index (χ1n) is 8.81. The van der Waals surface area contributed by atoms with Crippen molar-refractivity contribution in [2.75, 3.05) is 13.1 Å². The quantitative estimate of drug-likeness (QED) is 0.745. The highest BCUT2D eigenvalue weighted by atomic mass is 15.2. The number of piperidine rings is 1. The molecule has 4 heterocycles. The van der Waals surface area contributed by atoms with E-state index in [1.165, 1.54) is 55.4 Å². The molecule has 2 atom stereocenters. The third-order valence-electron chi connectivity index (χ3n) is 6.43. The molecule has 22 heavy (non-hydrogen) atoms. The Hall–Kier alpha value is -1.54. The molecule has 5 rings (SSSR count). The summed E-state index contributed by atoms with van der Waals surface area (Å²) < 4.78 is 2.57. The van der Waals surface area contributed by atoms with Crippen molar-refractivity contribution in [2.24, 2.45) is 5.41 Å². The zero-order valence-electron chi connectivity index (χ0n) is 13.6. The molecule has 0 aliphatic carbocycles. The number of nitrogens with zero attached hydrogens (tertiary/aromatic N) is 2. The minimum atomic E-state index is 0.363. The highest BCUT2D eigenvalue weighted by Gasteiger charge is 2.49. The lowest BCUT2D eigenvalue weighted by atomic mass is 9.66. The number of fused-ring (bicyclic) bond motifs is 3. The first-order valence-corrected chi connectivity index (χ1v) is 8.81. The van der Waals surface area contributed by atoms with Gasteiger partial charge in [-0.15, -0.1) is 0 Å². The smallest absolute Gasteiger partial charge is 0.0599 e. The van der Waals surface area contributed by atoms with Crippen molar-refractivity contribution in [1.82, 2.24) is 9.47 Å². The predicted octanol–water partition coefficient (Wildman–Crippen LogP) is 4.61. The second-order valence-corrected chi connectivity index (χ2v) is 7.38. The highest BCUT2D eigenvalue weighted by Crippen LogP contribution is 2.56. The topological polar surface area (TPSA) is 8.17 Å². The maximum Gasteiger partial charge on any atom is 0.0599 e. The molecular formula is C20H24N2. The Morgan fingerprint density at radius 3 is 2.95 bits per heavy atom. The van der Waals surface area contributed by atoms with Crippen molar-refractivity contribution in [3.8, 4) is 0 Å². The second-order valence-electron chi connectivity index (χ2n) is 7.38. The van der Waals surface area contributed by atoms with Gasteiger partial charge in [0.1, 0.15) is 0 Å². The van der Waals surface area contributed by atoms with Gasteiger partial charge in [-0.3, -0.25) is 4.90 Å². The maximum absolute atomic E-state index is 2.77. The summed E-state index contributed by atoms with van der Waals surface area (Å²) in [6, 6.07) is 9.62. The van der Waals surface area contributed by atoms with E-state index in [-0.39, 0.29) is 0 Å². The predicted molar refractivity (Wildman–Crippen MR) is 91.9 cm³/mol. The van der Waals surface area contributed by atoms with Gasteiger partial charge < -0.3 is 4.57 Å². The molecule has 2 heteroatoms. The number of para-hydroxylation sites is 1. The van der Waals surface area contributed by atoms with Gasteiger partial charge >= 0.3 is 0 Å². The van der Waals surface area contributed by atoms with Gasteiger partial charge in [0.05, 0.1) is 11.6 Å². The van der Waals surface area contributed by atoms with E-state index in [4.69, 9.17) is 0 Å². The molecule has 3 aliphatic rings. The summed E-state index contributed by atoms with van der Waals surface area (Å²) in [5.41, 5.74) is 6.47. The van der Waals surface area contributed by atoms with Gasteiger partial charge in [0, 0.05) is 28.7 Å². The molecule has 0 amide bonds. The van der Waals surface area contributed by atoms with E-state index in [1.807, 2.05) is 0 Å². The lowest BCUT2D eigenvalue weighted by molar-refractivity contribution is 0.0270. The Morgan fingerprint density at radius 2 is 2.09 bits per heavy atom. The van der Waals surface area contributed by atoms with E-state index >= 15 is 0 Å². The Kier molecular flexibility index (Phi) is 2.51. The SMILES string of the molecule is CC[C@@]12C=C(C)n3c4c(c5ccccc53)CCN(CCC1)[C@H]42. The lowest BCUT2D eigenvalue weighted by Crippen LogP contribution is -2.50. The number of hydrogen-bond acceptors (Lipinski definition) is 1. The zero-order valence-corrected chi connectivity index (χ0v) is 13.6. The van der Waals surface area contributed by atoms with E-state index in [0.29, 0.717) is 11.5 Å². The van der Waals surface area contributed by atoms with E-state index in [1.54, 1.807) is 11.3 Å². The van der Waals surface area contributed by atoms with Crippen LogP contribution in [0, 0.1) is 5.41 Å². The van der Waals surface area contributed by atoms with Crippen molar-refractivity contribution in [1.29, 1.82) is 0 Å². The summed E-state index contributed by atoms with van der Waals surface area (Å²) in [5, 5.41) is 1.49. The Morgan fingerprint density at radius 1 is 1.23 bits per heavy atom. The molecule has 0 unspecified atom stereocenters. The van der Waals surface area contributed by atoms with Crippen LogP contribution in [0.25, 0.3) is 16.6 Å². The molecule has 1 aromatic heterocycles. The Bertz CT molecular complexity index is 797. The number of rotatable bonds is 1. The average Bonchev–Trinajstić information content (AvgIpc) is 2.89. The van der Waals surface area contributed by atoms with Crippen LogP contribution in [0.15, 0.2) is 30.3 Å². The molecule has 114 valence electrons. The van der Waals surface area contributed by atoms with Crippen LogP contribution in [-0.4, -0.2) is 22.6 Å². The lowest BCUT2D eigenvalue weighted by Gasteiger charge is -2.53. The molecule has 0 radical (unpaired) electrons. The number of hydrogen-bond donors (Lipinski definition) is 0. The second kappa shape index (κ2) is 4.26. The minimum absolute atomic E-state index is 0.363. The average molecular weight is 292 g/mol. The molecule has 0 spiro atoms. The third kappa shape index (κ3) is 1.40. The molecule has 2 nitrogen and oxygen atoms in total. The van der Waals surface area contributed by atoms with Gasteiger partial charge in [-0.1, -0.05) is 31.2 Å². The highest BCUT2D eigenvalue weighted by molar-refractivity contribution is 5.89. The monoisotopic (exact) mass is 292 g/mol. The van der Waals surface area contributed by atoms with Gasteiger partial charge in [0.25, 0.3) is 0 Å². The van der Waals surface area contributed by atoms with E-state index in [0.717, 1.165) is 0 Å². The molecule has 0 saturated carbocycles. The van der Waals surface area contributed by atoms with Crippen molar-refractivity contribution in [2.45, 2.75) is 45.6 Å². The molecule has 0 N–H and O–H groups in total. The molecule has 1 aromatic carbocycles. The molecule has 1 saturated heterocycles. The maximum atomic E-state index is 2.77. The van der Waals surface area contributed by atoms with Crippen molar-refractivity contribution in [3.05, 3.63) is 41.6 Å². The largest absolute Gasteiger partial charge is 0.316 e. The van der Waals surface area contributed by atoms with Crippen molar-refractivity contribution >= 4 is 16.6 Å². The minimum Gasteiger partial charge on any atom is -0.316 e. The number of aromatic nitrogens is 1. The summed E-state index contributed by atoms with van der Waals surface area (Å²) in [4.78, 5) is 2.77. The van der Waals surface area contributed by atoms with Gasteiger partial charge in [-0.2, -0.15) is 0 Å². The molecule has 0 bridgehead atoms. The summed E-state index contributed by atoms with van der Waals surface area (Å²) in [6.45, 7) is 7.22. The van der Waals surface area contributed by atoms with Crippen LogP contribution in [0.3, 0.4) is 0 Å². The Balaban J connectivity index is 1.90. The molecular weight excluding hydrogens is 268 g/mol. The van der Waals surface area contributed by atoms with E-state index in [2.05, 4.69) is 53.7 Å². The van der Waals surface area contributed by atoms with E-state index < -0.39 is 0 Å². The van der Waals surface area contributed by atoms with Crippen molar-refractivity contribution in [3.63, 3.8) is 0 Å². The van der Waals surface area contributed by atoms with Crippen LogP contribution >= 0.6 is 0 Å². The van der Waals surface area contributed by atoms with Crippen LogP contribution < -0.4 is 0 Å². The Labute approximate surface area is 132 Å². The molecule has 1 fully saturated rings. The fraction of sp³-hybridized carbons (Fsp3) is 0.500. The van der Waals surface area contributed by atoms with Crippen LogP contribution in [0.2, 0.25) is 0 Å². The summed E-state index contributed by atoms with van der Waals surface area (Å²) >= 11 is 0. The third-order valence-corrected chi connectivity index (χ3v) is 6.43. The van der Waals surface area contributed by atoms with Crippen LogP contribution in [-0.2, 0) is 6.42 Å². The molecule has 3 aliphatic heterocycles. The fourth-order valence-corrected chi connectivity index (χ4v) is 5.54. The van der Waals surface area contributed by atoms with E-state index in [9.17, 15) is 0 Å². The van der Waals surface area contributed by atoms with Gasteiger partial charge in [-0.25, -0.2) is 0 Å². The normalized spacial score (nSPS) is 30.3. The van der Waals surface area contributed by atoms with Gasteiger partial charge in [0.15, 0.2) is 0 Å². The van der Waals surface area contributed by atoms with Gasteiger partial charge in [-0.05, 0) is 50.8 Å². The van der Waals surface area contributed by atoms with Crippen LogP contribution in [0.4, 0.5) is 0 Å². The molecule has 2 aromatic rings.